The molecular weight excluding hydrogens is 274 g/mol. The predicted molar refractivity (Wildman–Crippen MR) is 79.1 cm³/mol. The van der Waals surface area contributed by atoms with Gasteiger partial charge in [-0.25, -0.2) is 0 Å². The van der Waals surface area contributed by atoms with Gasteiger partial charge in [0.05, 0.1) is 24.5 Å². The van der Waals surface area contributed by atoms with Gasteiger partial charge in [-0.15, -0.1) is 0 Å². The van der Waals surface area contributed by atoms with Crippen LogP contribution in [0.25, 0.3) is 0 Å². The number of nitrogens with one attached hydrogen (secondary N) is 2. The standard InChI is InChI=1S/C14H21N3O4/c1-20-8-7-16-13(18)10-5-3-4-6-12(10)17-14(19)11(15)9-21-2/h3-6,11H,7-9,15H2,1-2H3,(H,16,18)(H,17,19). The zero-order valence-corrected chi connectivity index (χ0v) is 12.2. The van der Waals surface area contributed by atoms with Crippen molar-refractivity contribution < 1.29 is 19.1 Å². The topological polar surface area (TPSA) is 103 Å². The number of anilines is 1. The van der Waals surface area contributed by atoms with Crippen molar-refractivity contribution in [3.63, 3.8) is 0 Å². The molecule has 21 heavy (non-hydrogen) atoms. The van der Waals surface area contributed by atoms with Crippen molar-refractivity contribution in [2.45, 2.75) is 6.04 Å². The molecule has 0 aliphatic rings. The molecule has 116 valence electrons. The van der Waals surface area contributed by atoms with Crippen LogP contribution in [0.15, 0.2) is 24.3 Å². The van der Waals surface area contributed by atoms with E-state index in [0.29, 0.717) is 24.4 Å². The first kappa shape index (κ1) is 17.1. The number of carbonyl (C=O) groups excluding carboxylic acids is 2. The maximum absolute atomic E-state index is 12.0. The second kappa shape index (κ2) is 9.06. The molecule has 2 amide bonds. The molecule has 7 nitrogen and oxygen atoms in total. The lowest BCUT2D eigenvalue weighted by atomic mass is 10.1. The van der Waals surface area contributed by atoms with Crippen molar-refractivity contribution in [1.29, 1.82) is 0 Å². The number of benzene rings is 1. The lowest BCUT2D eigenvalue weighted by molar-refractivity contribution is -0.118. The first-order valence-electron chi connectivity index (χ1n) is 6.51. The third kappa shape index (κ3) is 5.50. The van der Waals surface area contributed by atoms with E-state index in [1.54, 1.807) is 31.4 Å². The van der Waals surface area contributed by atoms with Gasteiger partial charge in [0.25, 0.3) is 5.91 Å². The number of hydrogen-bond acceptors (Lipinski definition) is 5. The Morgan fingerprint density at radius 3 is 2.62 bits per heavy atom. The Kier molecular flexibility index (Phi) is 7.38. The minimum absolute atomic E-state index is 0.105. The Morgan fingerprint density at radius 1 is 1.24 bits per heavy atom. The van der Waals surface area contributed by atoms with Crippen molar-refractivity contribution >= 4 is 17.5 Å². The third-order valence-corrected chi connectivity index (χ3v) is 2.70. The number of rotatable bonds is 8. The van der Waals surface area contributed by atoms with E-state index < -0.39 is 11.9 Å². The Morgan fingerprint density at radius 2 is 1.95 bits per heavy atom. The summed E-state index contributed by atoms with van der Waals surface area (Å²) in [6.07, 6.45) is 0. The van der Waals surface area contributed by atoms with Crippen molar-refractivity contribution in [2.24, 2.45) is 5.73 Å². The Bertz CT molecular complexity index is 479. The van der Waals surface area contributed by atoms with Gasteiger partial charge in [-0.3, -0.25) is 9.59 Å². The molecule has 0 spiro atoms. The fraction of sp³-hybridized carbons (Fsp3) is 0.429. The second-order valence-corrected chi connectivity index (χ2v) is 4.35. The van der Waals surface area contributed by atoms with Crippen molar-refractivity contribution in [1.82, 2.24) is 5.32 Å². The summed E-state index contributed by atoms with van der Waals surface area (Å²) in [7, 11) is 3.02. The number of methoxy groups -OCH3 is 2. The van der Waals surface area contributed by atoms with Crippen LogP contribution in [0, 0.1) is 0 Å². The fourth-order valence-electron chi connectivity index (χ4n) is 1.63. The molecular formula is C14H21N3O4. The van der Waals surface area contributed by atoms with Crippen LogP contribution < -0.4 is 16.4 Å². The molecule has 1 unspecified atom stereocenters. The van der Waals surface area contributed by atoms with Gasteiger partial charge < -0.3 is 25.8 Å². The van der Waals surface area contributed by atoms with E-state index in [1.165, 1.54) is 7.11 Å². The molecule has 0 aromatic heterocycles. The van der Waals surface area contributed by atoms with Crippen molar-refractivity contribution in [3.8, 4) is 0 Å². The van der Waals surface area contributed by atoms with Crippen LogP contribution in [0.3, 0.4) is 0 Å². The number of carbonyl (C=O) groups is 2. The minimum Gasteiger partial charge on any atom is -0.383 e. The average Bonchev–Trinajstić information content (AvgIpc) is 2.48. The Labute approximate surface area is 123 Å². The largest absolute Gasteiger partial charge is 0.383 e. The molecule has 1 aromatic carbocycles. The number of para-hydroxylation sites is 1. The van der Waals surface area contributed by atoms with Gasteiger partial charge >= 0.3 is 0 Å². The predicted octanol–water partition coefficient (Wildman–Crippen LogP) is -0.0250. The quantitative estimate of drug-likeness (QED) is 0.585. The van der Waals surface area contributed by atoms with Crippen LogP contribution in [-0.4, -0.2) is 51.8 Å². The van der Waals surface area contributed by atoms with E-state index >= 15 is 0 Å². The van der Waals surface area contributed by atoms with Gasteiger partial charge in [-0.05, 0) is 12.1 Å². The molecule has 1 rings (SSSR count). The number of hydrogen-bond donors (Lipinski definition) is 3. The summed E-state index contributed by atoms with van der Waals surface area (Å²) < 4.78 is 9.69. The SMILES string of the molecule is COCCNC(=O)c1ccccc1NC(=O)C(N)COC. The molecule has 0 radical (unpaired) electrons. The van der Waals surface area contributed by atoms with E-state index in [0.717, 1.165) is 0 Å². The second-order valence-electron chi connectivity index (χ2n) is 4.35. The number of amides is 2. The van der Waals surface area contributed by atoms with Gasteiger partial charge in [0.2, 0.25) is 5.91 Å². The van der Waals surface area contributed by atoms with Crippen LogP contribution in [0.1, 0.15) is 10.4 Å². The molecule has 1 aromatic rings. The average molecular weight is 295 g/mol. The molecule has 4 N–H and O–H groups in total. The van der Waals surface area contributed by atoms with Crippen LogP contribution in [0.5, 0.6) is 0 Å². The zero-order chi connectivity index (χ0) is 15.7. The van der Waals surface area contributed by atoms with Crippen molar-refractivity contribution in [2.75, 3.05) is 39.3 Å². The highest BCUT2D eigenvalue weighted by Gasteiger charge is 2.17. The van der Waals surface area contributed by atoms with Gasteiger partial charge in [-0.1, -0.05) is 12.1 Å². The summed E-state index contributed by atoms with van der Waals surface area (Å²) >= 11 is 0. The lowest BCUT2D eigenvalue weighted by Gasteiger charge is -2.14. The molecule has 0 fully saturated rings. The monoisotopic (exact) mass is 295 g/mol. The molecule has 0 aliphatic heterocycles. The summed E-state index contributed by atoms with van der Waals surface area (Å²) in [6, 6.07) is 5.92. The summed E-state index contributed by atoms with van der Waals surface area (Å²) in [6.45, 7) is 0.911. The maximum Gasteiger partial charge on any atom is 0.253 e. The summed E-state index contributed by atoms with van der Waals surface area (Å²) in [5.41, 5.74) is 6.42. The highest BCUT2D eigenvalue weighted by atomic mass is 16.5. The zero-order valence-electron chi connectivity index (χ0n) is 12.2. The molecule has 1 atom stereocenters. The normalized spacial score (nSPS) is 11.8. The fourth-order valence-corrected chi connectivity index (χ4v) is 1.63. The van der Waals surface area contributed by atoms with Crippen LogP contribution in [0.2, 0.25) is 0 Å². The molecule has 0 saturated heterocycles. The van der Waals surface area contributed by atoms with Gasteiger partial charge in [0.15, 0.2) is 0 Å². The number of ether oxygens (including phenoxy) is 2. The Hall–Kier alpha value is -1.96. The van der Waals surface area contributed by atoms with E-state index in [9.17, 15) is 9.59 Å². The minimum atomic E-state index is -0.792. The highest BCUT2D eigenvalue weighted by molar-refractivity contribution is 6.04. The molecule has 0 bridgehead atoms. The van der Waals surface area contributed by atoms with E-state index in [-0.39, 0.29) is 12.5 Å². The first-order chi connectivity index (χ1) is 10.1. The summed E-state index contributed by atoms with van der Waals surface area (Å²) in [4.78, 5) is 23.9. The van der Waals surface area contributed by atoms with Gasteiger partial charge in [0, 0.05) is 20.8 Å². The van der Waals surface area contributed by atoms with E-state index in [2.05, 4.69) is 10.6 Å². The lowest BCUT2D eigenvalue weighted by Crippen LogP contribution is -2.39. The smallest absolute Gasteiger partial charge is 0.253 e. The molecule has 0 heterocycles. The van der Waals surface area contributed by atoms with Crippen LogP contribution in [0.4, 0.5) is 5.69 Å². The van der Waals surface area contributed by atoms with Gasteiger partial charge in [0.1, 0.15) is 6.04 Å². The van der Waals surface area contributed by atoms with Crippen LogP contribution >= 0.6 is 0 Å². The maximum atomic E-state index is 12.0. The highest BCUT2D eigenvalue weighted by Crippen LogP contribution is 2.15. The Balaban J connectivity index is 2.74. The number of nitrogens with two attached hydrogens (primary N) is 1. The summed E-state index contributed by atoms with van der Waals surface area (Å²) in [5.74, 6) is -0.697. The molecule has 7 heteroatoms. The van der Waals surface area contributed by atoms with Crippen LogP contribution in [-0.2, 0) is 14.3 Å². The summed E-state index contributed by atoms with van der Waals surface area (Å²) in [5, 5.41) is 5.33. The van der Waals surface area contributed by atoms with E-state index in [1.807, 2.05) is 0 Å². The first-order valence-corrected chi connectivity index (χ1v) is 6.51. The van der Waals surface area contributed by atoms with Gasteiger partial charge in [-0.2, -0.15) is 0 Å². The molecule has 0 aliphatic carbocycles. The third-order valence-electron chi connectivity index (χ3n) is 2.70. The molecule has 0 saturated carbocycles. The van der Waals surface area contributed by atoms with E-state index in [4.69, 9.17) is 15.2 Å². The van der Waals surface area contributed by atoms with Crippen molar-refractivity contribution in [3.05, 3.63) is 29.8 Å².